The molecular formula is C48H62Br2Cl2O4Si. The molecule has 310 valence electrons. The third kappa shape index (κ3) is 18.2. The van der Waals surface area contributed by atoms with E-state index in [0.717, 1.165) is 58.1 Å². The lowest BCUT2D eigenvalue weighted by atomic mass is 9.95. The molecule has 0 unspecified atom stereocenters. The maximum Gasteiger partial charge on any atom is 0.191 e. The number of rotatable bonds is 18. The number of benzene rings is 4. The van der Waals surface area contributed by atoms with Gasteiger partial charge in [0.1, 0.15) is 11.5 Å². The van der Waals surface area contributed by atoms with Gasteiger partial charge < -0.3 is 19.0 Å². The lowest BCUT2D eigenvalue weighted by Gasteiger charge is -2.36. The van der Waals surface area contributed by atoms with Crippen molar-refractivity contribution in [2.24, 2.45) is 11.8 Å². The second-order valence-electron chi connectivity index (χ2n) is 16.5. The second kappa shape index (κ2) is 24.0. The van der Waals surface area contributed by atoms with E-state index in [4.69, 9.17) is 37.1 Å². The summed E-state index contributed by atoms with van der Waals surface area (Å²) in [6, 6.07) is 28.7. The molecular weight excluding hydrogens is 899 g/mol. The fraction of sp³-hybridized carbons (Fsp3) is 0.417. The molecule has 0 fully saturated rings. The zero-order chi connectivity index (χ0) is 42.2. The summed E-state index contributed by atoms with van der Waals surface area (Å²) in [5.74, 6) is 2.09. The number of ether oxygens (including phenoxy) is 2. The summed E-state index contributed by atoms with van der Waals surface area (Å²) in [6.07, 6.45) is 12.5. The topological polar surface area (TPSA) is 47.9 Å². The van der Waals surface area contributed by atoms with Crippen molar-refractivity contribution in [3.05, 3.63) is 138 Å². The number of aliphatic hydroxyl groups is 1. The summed E-state index contributed by atoms with van der Waals surface area (Å²) < 4.78 is 20.1. The van der Waals surface area contributed by atoms with Crippen LogP contribution in [0.3, 0.4) is 0 Å². The maximum atomic E-state index is 9.34. The molecule has 0 aliphatic carbocycles. The molecule has 4 rings (SSSR count). The predicted molar refractivity (Wildman–Crippen MR) is 255 cm³/mol. The molecule has 2 atom stereocenters. The summed E-state index contributed by atoms with van der Waals surface area (Å²) in [5, 5.41) is 10.8. The molecule has 0 aliphatic rings. The Morgan fingerprint density at radius 3 is 1.40 bits per heavy atom. The van der Waals surface area contributed by atoms with E-state index in [9.17, 15) is 5.11 Å². The Balaban J connectivity index is 0.000000315. The van der Waals surface area contributed by atoms with Crippen LogP contribution in [0.5, 0.6) is 11.5 Å². The van der Waals surface area contributed by atoms with Crippen molar-refractivity contribution in [2.75, 3.05) is 13.2 Å². The van der Waals surface area contributed by atoms with Gasteiger partial charge in [-0.15, -0.1) is 0 Å². The van der Waals surface area contributed by atoms with E-state index < -0.39 is 8.32 Å². The van der Waals surface area contributed by atoms with E-state index >= 15 is 0 Å². The van der Waals surface area contributed by atoms with Crippen LogP contribution >= 0.6 is 55.1 Å². The minimum absolute atomic E-state index is 0.0961. The summed E-state index contributed by atoms with van der Waals surface area (Å²) in [5.41, 5.74) is 4.69. The van der Waals surface area contributed by atoms with E-state index in [1.807, 2.05) is 70.2 Å². The van der Waals surface area contributed by atoms with Crippen LogP contribution < -0.4 is 9.47 Å². The average molecular weight is 962 g/mol. The van der Waals surface area contributed by atoms with Gasteiger partial charge in [0.15, 0.2) is 8.32 Å². The SMILES string of the molecule is CC(C)Oc1ccc(/C=C/[C@H](CCO)Cc2ccc(Br)cc2)cc1Cl.CC(C)Oc1ccc(C=C[C@H](CCO[Si](C)(C)C(C)(C)C)Cc2ccc(Br)cc2)cc1Cl. The number of hydrogen-bond donors (Lipinski definition) is 1. The number of halogens is 4. The summed E-state index contributed by atoms with van der Waals surface area (Å²) >= 11 is 19.7. The van der Waals surface area contributed by atoms with Crippen molar-refractivity contribution in [1.29, 1.82) is 0 Å². The molecule has 4 aromatic carbocycles. The van der Waals surface area contributed by atoms with Gasteiger partial charge in [0, 0.05) is 22.2 Å². The Bertz CT molecular complexity index is 1850. The zero-order valence-electron chi connectivity index (χ0n) is 35.1. The van der Waals surface area contributed by atoms with Gasteiger partial charge >= 0.3 is 0 Å². The summed E-state index contributed by atoms with van der Waals surface area (Å²) in [4.78, 5) is 0. The largest absolute Gasteiger partial charge is 0.489 e. The van der Waals surface area contributed by atoms with Crippen molar-refractivity contribution in [3.8, 4) is 11.5 Å². The zero-order valence-corrected chi connectivity index (χ0v) is 40.8. The molecule has 4 nitrogen and oxygen atoms in total. The van der Waals surface area contributed by atoms with Gasteiger partial charge in [-0.1, -0.05) is 137 Å². The second-order valence-corrected chi connectivity index (χ2v) is 24.0. The fourth-order valence-corrected chi connectivity index (χ4v) is 7.72. The minimum Gasteiger partial charge on any atom is -0.489 e. The molecule has 0 amide bonds. The average Bonchev–Trinajstić information content (AvgIpc) is 3.13. The summed E-state index contributed by atoms with van der Waals surface area (Å²) in [7, 11) is -1.75. The Morgan fingerprint density at radius 2 is 1.05 bits per heavy atom. The molecule has 0 saturated carbocycles. The van der Waals surface area contributed by atoms with E-state index in [-0.39, 0.29) is 29.8 Å². The van der Waals surface area contributed by atoms with Gasteiger partial charge in [0.2, 0.25) is 0 Å². The van der Waals surface area contributed by atoms with Crippen LogP contribution in [0, 0.1) is 11.8 Å². The molecule has 0 aromatic heterocycles. The molecule has 9 heteroatoms. The molecule has 1 N–H and O–H groups in total. The number of hydrogen-bond acceptors (Lipinski definition) is 4. The monoisotopic (exact) mass is 958 g/mol. The molecule has 0 aliphatic heterocycles. The van der Waals surface area contributed by atoms with Crippen LogP contribution in [0.2, 0.25) is 28.2 Å². The van der Waals surface area contributed by atoms with Crippen LogP contribution in [-0.4, -0.2) is 38.8 Å². The molecule has 4 aromatic rings. The highest BCUT2D eigenvalue weighted by Crippen LogP contribution is 2.37. The van der Waals surface area contributed by atoms with Gasteiger partial charge in [0.25, 0.3) is 0 Å². The number of aliphatic hydroxyl groups excluding tert-OH is 1. The lowest BCUT2D eigenvalue weighted by Crippen LogP contribution is -2.41. The molecule has 0 radical (unpaired) electrons. The number of allylic oxidation sites excluding steroid dienone is 2. The first-order valence-corrected chi connectivity index (χ1v) is 25.1. The van der Waals surface area contributed by atoms with Crippen molar-refractivity contribution in [2.45, 2.75) is 104 Å². The maximum absolute atomic E-state index is 9.34. The summed E-state index contributed by atoms with van der Waals surface area (Å²) in [6.45, 7) is 20.4. The fourth-order valence-electron chi connectivity index (χ4n) is 5.66. The van der Waals surface area contributed by atoms with E-state index in [0.29, 0.717) is 21.7 Å². The highest BCUT2D eigenvalue weighted by atomic mass is 79.9. The van der Waals surface area contributed by atoms with Crippen molar-refractivity contribution >= 4 is 75.5 Å². The van der Waals surface area contributed by atoms with Crippen LogP contribution in [0.4, 0.5) is 0 Å². The molecule has 0 bridgehead atoms. The van der Waals surface area contributed by atoms with Crippen molar-refractivity contribution in [1.82, 2.24) is 0 Å². The van der Waals surface area contributed by atoms with Gasteiger partial charge in [-0.2, -0.15) is 0 Å². The Labute approximate surface area is 371 Å². The molecule has 0 saturated heterocycles. The Kier molecular flexibility index (Phi) is 20.7. The van der Waals surface area contributed by atoms with Crippen molar-refractivity contribution < 1.29 is 19.0 Å². The standard InChI is InChI=1S/C27H38BrClO2Si.C21H24BrClO2/c1-20(2)31-26-15-12-22(19-25(26)29)8-9-23(18-21-10-13-24(28)14-11-21)16-17-30-32(6,7)27(3,4)5;1-15(2)25-21-10-7-17(14-20(21)23)3-4-18(11-12-24)13-16-5-8-19(22)9-6-16/h8-15,19-20,23H,16-18H2,1-7H3;3-10,14-15,18,24H,11-13H2,1-2H3/b;4-3+/t23-;18-/m11/s1. The van der Waals surface area contributed by atoms with Crippen molar-refractivity contribution in [3.63, 3.8) is 0 Å². The third-order valence-corrected chi connectivity index (χ3v) is 16.0. The van der Waals surface area contributed by atoms with Crippen LogP contribution in [0.25, 0.3) is 12.2 Å². The molecule has 57 heavy (non-hydrogen) atoms. The first-order valence-electron chi connectivity index (χ1n) is 19.9. The smallest absolute Gasteiger partial charge is 0.191 e. The van der Waals surface area contributed by atoms with E-state index in [1.54, 1.807) is 0 Å². The van der Waals surface area contributed by atoms with Gasteiger partial charge in [0.05, 0.1) is 22.3 Å². The van der Waals surface area contributed by atoms with Gasteiger partial charge in [-0.25, -0.2) is 0 Å². The van der Waals surface area contributed by atoms with Crippen LogP contribution in [-0.2, 0) is 17.3 Å². The van der Waals surface area contributed by atoms with Crippen LogP contribution in [0.15, 0.2) is 106 Å². The van der Waals surface area contributed by atoms with E-state index in [2.05, 4.69) is 132 Å². The normalized spacial score (nSPS) is 13.3. The third-order valence-electron chi connectivity index (χ3n) is 9.84. The van der Waals surface area contributed by atoms with E-state index in [1.165, 1.54) is 11.1 Å². The Hall–Kier alpha value is -2.36. The van der Waals surface area contributed by atoms with Crippen LogP contribution in [0.1, 0.15) is 83.6 Å². The highest BCUT2D eigenvalue weighted by Gasteiger charge is 2.37. The van der Waals surface area contributed by atoms with Gasteiger partial charge in [-0.3, -0.25) is 0 Å². The highest BCUT2D eigenvalue weighted by molar-refractivity contribution is 9.10. The predicted octanol–water partition coefficient (Wildman–Crippen LogP) is 15.3. The lowest BCUT2D eigenvalue weighted by molar-refractivity contribution is 0.242. The molecule has 0 heterocycles. The quantitative estimate of drug-likeness (QED) is 0.101. The first-order chi connectivity index (χ1) is 26.8. The first kappa shape index (κ1) is 49.0. The molecule has 0 spiro atoms. The van der Waals surface area contributed by atoms with Gasteiger partial charge in [-0.05, 0) is 154 Å². The minimum atomic E-state index is -1.75. The Morgan fingerprint density at radius 1 is 0.649 bits per heavy atom.